The molecule has 0 aromatic rings. The van der Waals surface area contributed by atoms with Crippen LogP contribution < -0.4 is 0 Å². The van der Waals surface area contributed by atoms with Crippen LogP contribution in [0.25, 0.3) is 0 Å². The van der Waals surface area contributed by atoms with Crippen molar-refractivity contribution in [2.75, 3.05) is 19.8 Å². The first-order valence-corrected chi connectivity index (χ1v) is 10.3. The van der Waals surface area contributed by atoms with Crippen LogP contribution in [0, 0.1) is 0 Å². The zero-order valence-electron chi connectivity index (χ0n) is 16.3. The summed E-state index contributed by atoms with van der Waals surface area (Å²) in [5, 5.41) is 29.3. The molecular weight excluding hydrogens is 320 g/mol. The van der Waals surface area contributed by atoms with E-state index in [0.717, 1.165) is 12.8 Å². The maximum atomic E-state index is 10.0. The predicted molar refractivity (Wildman–Crippen MR) is 99.7 cm³/mol. The minimum Gasteiger partial charge on any atom is -0.394 e. The molecule has 0 aromatic heterocycles. The molecule has 0 aromatic carbocycles. The third-order valence-corrected chi connectivity index (χ3v) is 5.42. The fourth-order valence-corrected chi connectivity index (χ4v) is 3.64. The van der Waals surface area contributed by atoms with Crippen LogP contribution in [0.5, 0.6) is 0 Å². The summed E-state index contributed by atoms with van der Waals surface area (Å²) in [7, 11) is 0. The number of unbranched alkanes of at least 4 members (excludes halogenated alkanes) is 7. The third-order valence-electron chi connectivity index (χ3n) is 5.42. The van der Waals surface area contributed by atoms with Gasteiger partial charge in [-0.2, -0.15) is 0 Å². The maximum absolute atomic E-state index is 10.0. The largest absolute Gasteiger partial charge is 0.394 e. The van der Waals surface area contributed by atoms with Gasteiger partial charge in [-0.1, -0.05) is 58.8 Å². The van der Waals surface area contributed by atoms with Crippen molar-refractivity contribution in [3.8, 4) is 0 Å². The topological polar surface area (TPSA) is 79.2 Å². The van der Waals surface area contributed by atoms with E-state index in [0.29, 0.717) is 25.9 Å². The number of aliphatic hydroxyl groups is 3. The fourth-order valence-electron chi connectivity index (χ4n) is 3.64. The molecule has 0 aliphatic carbocycles. The van der Waals surface area contributed by atoms with Crippen LogP contribution in [-0.4, -0.2) is 59.1 Å². The number of hydrogen-bond donors (Lipinski definition) is 3. The summed E-state index contributed by atoms with van der Waals surface area (Å²) in [6, 6.07) is 0. The quantitative estimate of drug-likeness (QED) is 0.415. The molecule has 4 atom stereocenters. The smallest absolute Gasteiger partial charge is 0.117 e. The molecule has 0 saturated carbocycles. The molecule has 1 aliphatic heterocycles. The van der Waals surface area contributed by atoms with Crippen molar-refractivity contribution in [3.05, 3.63) is 0 Å². The number of rotatable bonds is 14. The van der Waals surface area contributed by atoms with E-state index < -0.39 is 11.7 Å². The summed E-state index contributed by atoms with van der Waals surface area (Å²) < 4.78 is 12.0. The Balaban J connectivity index is 2.34. The molecule has 2 unspecified atom stereocenters. The lowest BCUT2D eigenvalue weighted by molar-refractivity contribution is -0.218. The van der Waals surface area contributed by atoms with E-state index in [1.54, 1.807) is 0 Å². The van der Waals surface area contributed by atoms with Gasteiger partial charge in [0.15, 0.2) is 0 Å². The van der Waals surface area contributed by atoms with Gasteiger partial charge in [0.05, 0.1) is 31.5 Å². The van der Waals surface area contributed by atoms with E-state index in [-0.39, 0.29) is 25.4 Å². The first-order valence-electron chi connectivity index (χ1n) is 10.3. The maximum Gasteiger partial charge on any atom is 0.117 e. The van der Waals surface area contributed by atoms with Crippen molar-refractivity contribution in [1.29, 1.82) is 0 Å². The van der Waals surface area contributed by atoms with Crippen molar-refractivity contribution in [3.63, 3.8) is 0 Å². The lowest BCUT2D eigenvalue weighted by Crippen LogP contribution is -2.54. The molecule has 25 heavy (non-hydrogen) atoms. The fraction of sp³-hybridized carbons (Fsp3) is 1.00. The average molecular weight is 361 g/mol. The highest BCUT2D eigenvalue weighted by Crippen LogP contribution is 2.32. The molecule has 1 saturated heterocycles. The highest BCUT2D eigenvalue weighted by Gasteiger charge is 2.43. The van der Waals surface area contributed by atoms with E-state index in [1.807, 2.05) is 6.92 Å². The molecule has 1 rings (SSSR count). The van der Waals surface area contributed by atoms with Gasteiger partial charge >= 0.3 is 0 Å². The molecule has 150 valence electrons. The molecule has 1 heterocycles. The van der Waals surface area contributed by atoms with Gasteiger partial charge in [-0.05, 0) is 12.8 Å². The van der Waals surface area contributed by atoms with Gasteiger partial charge in [0.25, 0.3) is 0 Å². The molecule has 1 aliphatic rings. The van der Waals surface area contributed by atoms with Crippen molar-refractivity contribution in [1.82, 2.24) is 0 Å². The summed E-state index contributed by atoms with van der Waals surface area (Å²) >= 11 is 0. The van der Waals surface area contributed by atoms with Crippen LogP contribution in [0.1, 0.15) is 84.5 Å². The van der Waals surface area contributed by atoms with E-state index >= 15 is 0 Å². The Bertz CT molecular complexity index is 319. The molecule has 1 fully saturated rings. The lowest BCUT2D eigenvalue weighted by Gasteiger charge is -2.43. The number of hydrogen-bond acceptors (Lipinski definition) is 5. The van der Waals surface area contributed by atoms with Crippen molar-refractivity contribution >= 4 is 0 Å². The van der Waals surface area contributed by atoms with Gasteiger partial charge in [0.2, 0.25) is 0 Å². The minimum atomic E-state index is -0.782. The Hall–Kier alpha value is -0.200. The van der Waals surface area contributed by atoms with Crippen LogP contribution in [0.4, 0.5) is 0 Å². The van der Waals surface area contributed by atoms with Crippen LogP contribution in [0.3, 0.4) is 0 Å². The van der Waals surface area contributed by atoms with Crippen molar-refractivity contribution < 1.29 is 24.8 Å². The summed E-state index contributed by atoms with van der Waals surface area (Å²) in [4.78, 5) is 0. The van der Waals surface area contributed by atoms with Crippen LogP contribution in [0.2, 0.25) is 0 Å². The van der Waals surface area contributed by atoms with Crippen LogP contribution in [-0.2, 0) is 9.47 Å². The molecule has 0 spiro atoms. The molecule has 0 radical (unpaired) electrons. The highest BCUT2D eigenvalue weighted by atomic mass is 16.6. The van der Waals surface area contributed by atoms with Gasteiger partial charge < -0.3 is 24.8 Å². The van der Waals surface area contributed by atoms with E-state index in [1.165, 1.54) is 38.5 Å². The van der Waals surface area contributed by atoms with Crippen LogP contribution in [0.15, 0.2) is 0 Å². The molecule has 0 bridgehead atoms. The number of aliphatic hydroxyl groups excluding tert-OH is 3. The second-order valence-corrected chi connectivity index (χ2v) is 7.45. The van der Waals surface area contributed by atoms with E-state index in [4.69, 9.17) is 9.47 Å². The third kappa shape index (κ3) is 7.92. The van der Waals surface area contributed by atoms with Gasteiger partial charge in [0.1, 0.15) is 5.60 Å². The average Bonchev–Trinajstić information content (AvgIpc) is 2.63. The van der Waals surface area contributed by atoms with Gasteiger partial charge in [-0.3, -0.25) is 0 Å². The summed E-state index contributed by atoms with van der Waals surface area (Å²) in [5.41, 5.74) is -0.782. The Morgan fingerprint density at radius 1 is 0.960 bits per heavy atom. The predicted octanol–water partition coefficient (Wildman–Crippen LogP) is 3.19. The van der Waals surface area contributed by atoms with Gasteiger partial charge in [-0.15, -0.1) is 0 Å². The SMILES string of the molecule is CCCCCCCCCCOC(CC)(CO)C1C[C@@H](O)C[C@@H](CO)O1. The summed E-state index contributed by atoms with van der Waals surface area (Å²) in [5.74, 6) is 0. The Labute approximate surface area is 153 Å². The second-order valence-electron chi connectivity index (χ2n) is 7.45. The Kier molecular flexibility index (Phi) is 11.9. The summed E-state index contributed by atoms with van der Waals surface area (Å²) in [6.07, 6.45) is 10.2. The van der Waals surface area contributed by atoms with Crippen molar-refractivity contribution in [2.45, 2.75) is 108 Å². The molecule has 3 N–H and O–H groups in total. The standard InChI is InChI=1S/C20H40O5/c1-3-5-6-7-8-9-10-11-12-24-20(4-2,16-22)19-14-17(23)13-18(15-21)25-19/h17-19,21-23H,3-16H2,1-2H3/t17-,18-,19?,20?/m0/s1. The van der Waals surface area contributed by atoms with E-state index in [9.17, 15) is 15.3 Å². The Morgan fingerprint density at radius 3 is 2.16 bits per heavy atom. The van der Waals surface area contributed by atoms with Gasteiger partial charge in [-0.25, -0.2) is 0 Å². The van der Waals surface area contributed by atoms with Gasteiger partial charge in [0, 0.05) is 19.4 Å². The zero-order valence-corrected chi connectivity index (χ0v) is 16.3. The molecule has 0 amide bonds. The molecule has 5 heteroatoms. The summed E-state index contributed by atoms with van der Waals surface area (Å²) in [6.45, 7) is 4.56. The molecular formula is C20H40O5. The monoisotopic (exact) mass is 360 g/mol. The zero-order chi connectivity index (χ0) is 18.5. The normalized spacial score (nSPS) is 26.5. The first-order chi connectivity index (χ1) is 12.1. The first kappa shape index (κ1) is 22.8. The lowest BCUT2D eigenvalue weighted by atomic mass is 9.86. The molecule has 5 nitrogen and oxygen atoms in total. The van der Waals surface area contributed by atoms with Crippen molar-refractivity contribution in [2.24, 2.45) is 0 Å². The highest BCUT2D eigenvalue weighted by molar-refractivity contribution is 4.93. The number of ether oxygens (including phenoxy) is 2. The Morgan fingerprint density at radius 2 is 1.60 bits per heavy atom. The van der Waals surface area contributed by atoms with Crippen LogP contribution >= 0.6 is 0 Å². The minimum absolute atomic E-state index is 0.114. The second kappa shape index (κ2) is 13.0. The van der Waals surface area contributed by atoms with E-state index in [2.05, 4.69) is 6.92 Å².